The van der Waals surface area contributed by atoms with Gasteiger partial charge in [0.05, 0.1) is 11.4 Å². The molecule has 1 amide bonds. The van der Waals surface area contributed by atoms with Crippen LogP contribution in [-0.2, 0) is 21.2 Å². The zero-order valence-corrected chi connectivity index (χ0v) is 16.6. The van der Waals surface area contributed by atoms with E-state index in [9.17, 15) is 13.2 Å². The lowest BCUT2D eigenvalue weighted by Crippen LogP contribution is -2.36. The molecule has 1 atom stereocenters. The Labute approximate surface area is 161 Å². The van der Waals surface area contributed by atoms with Crippen LogP contribution in [0.2, 0.25) is 0 Å². The topological polar surface area (TPSA) is 92.5 Å². The van der Waals surface area contributed by atoms with E-state index >= 15 is 0 Å². The summed E-state index contributed by atoms with van der Waals surface area (Å²) in [5.74, 6) is -0.0291. The van der Waals surface area contributed by atoms with Crippen LogP contribution in [0.5, 0.6) is 0 Å². The van der Waals surface area contributed by atoms with E-state index in [2.05, 4.69) is 17.4 Å². The van der Waals surface area contributed by atoms with Crippen LogP contribution >= 0.6 is 0 Å². The molecule has 146 valence electrons. The molecule has 0 heterocycles. The predicted octanol–water partition coefficient (Wildman–Crippen LogP) is 2.08. The van der Waals surface area contributed by atoms with Gasteiger partial charge in [0, 0.05) is 12.6 Å². The summed E-state index contributed by atoms with van der Waals surface area (Å²) < 4.78 is 22.6. The fraction of sp³-hybridized carbons (Fsp3) is 0.350. The molecule has 0 radical (unpaired) electrons. The highest BCUT2D eigenvalue weighted by Gasteiger charge is 2.16. The van der Waals surface area contributed by atoms with Crippen LogP contribution in [0.25, 0.3) is 0 Å². The molecule has 0 fully saturated rings. The van der Waals surface area contributed by atoms with Crippen molar-refractivity contribution < 1.29 is 13.2 Å². The first-order valence-corrected chi connectivity index (χ1v) is 10.5. The van der Waals surface area contributed by atoms with Crippen LogP contribution in [0.1, 0.15) is 30.5 Å². The van der Waals surface area contributed by atoms with Gasteiger partial charge < -0.3 is 5.32 Å². The lowest BCUT2D eigenvalue weighted by molar-refractivity contribution is -0.122. The molecule has 0 spiro atoms. The molecule has 0 unspecified atom stereocenters. The third kappa shape index (κ3) is 6.78. The van der Waals surface area contributed by atoms with Gasteiger partial charge in [-0.3, -0.25) is 9.69 Å². The second kappa shape index (κ2) is 9.64. The molecule has 0 aromatic heterocycles. The number of rotatable bonds is 9. The molecule has 2 aromatic carbocycles. The molecule has 0 aliphatic rings. The normalized spacial score (nSPS) is 12.7. The number of nitrogens with zero attached hydrogens (tertiary/aromatic N) is 1. The first kappa shape index (κ1) is 21.1. The van der Waals surface area contributed by atoms with E-state index in [1.165, 1.54) is 17.7 Å². The maximum atomic E-state index is 12.1. The summed E-state index contributed by atoms with van der Waals surface area (Å²) in [6.45, 7) is 2.87. The summed E-state index contributed by atoms with van der Waals surface area (Å²) in [4.78, 5) is 14.1. The molecule has 0 aliphatic heterocycles. The monoisotopic (exact) mass is 389 g/mol. The van der Waals surface area contributed by atoms with Gasteiger partial charge >= 0.3 is 0 Å². The first-order chi connectivity index (χ1) is 12.8. The smallest absolute Gasteiger partial charge is 0.238 e. The van der Waals surface area contributed by atoms with Gasteiger partial charge in [0.15, 0.2) is 0 Å². The average Bonchev–Trinajstić information content (AvgIpc) is 2.65. The van der Waals surface area contributed by atoms with Crippen molar-refractivity contribution in [3.63, 3.8) is 0 Å². The number of benzene rings is 2. The quantitative estimate of drug-likeness (QED) is 0.642. The number of likely N-dealkylation sites (N-methyl/N-ethyl adjacent to an activating group) is 1. The highest BCUT2D eigenvalue weighted by molar-refractivity contribution is 7.89. The summed E-state index contributed by atoms with van der Waals surface area (Å²) >= 11 is 0. The van der Waals surface area contributed by atoms with Crippen molar-refractivity contribution in [2.24, 2.45) is 5.14 Å². The largest absolute Gasteiger partial charge is 0.355 e. The van der Waals surface area contributed by atoms with E-state index in [0.717, 1.165) is 18.4 Å². The highest BCUT2D eigenvalue weighted by Crippen LogP contribution is 2.20. The minimum absolute atomic E-state index is 0.0291. The van der Waals surface area contributed by atoms with E-state index in [1.807, 2.05) is 37.1 Å². The number of aryl methyl sites for hydroxylation is 1. The third-order valence-corrected chi connectivity index (χ3v) is 5.48. The van der Waals surface area contributed by atoms with Crippen molar-refractivity contribution >= 4 is 15.9 Å². The van der Waals surface area contributed by atoms with Crippen molar-refractivity contribution in [1.29, 1.82) is 0 Å². The molecular weight excluding hydrogens is 362 g/mol. The van der Waals surface area contributed by atoms with Gasteiger partial charge in [-0.15, -0.1) is 0 Å². The van der Waals surface area contributed by atoms with Gasteiger partial charge in [-0.25, -0.2) is 13.6 Å². The summed E-state index contributed by atoms with van der Waals surface area (Å²) in [5, 5.41) is 8.06. The molecule has 0 saturated carbocycles. The Morgan fingerprint density at radius 2 is 1.74 bits per heavy atom. The molecule has 0 aliphatic carbocycles. The molecule has 2 aromatic rings. The molecular formula is C20H27N3O3S. The molecule has 6 nitrogen and oxygen atoms in total. The number of nitrogens with one attached hydrogen (secondary N) is 1. The predicted molar refractivity (Wildman–Crippen MR) is 107 cm³/mol. The Kier molecular flexibility index (Phi) is 7.53. The van der Waals surface area contributed by atoms with Gasteiger partial charge in [0.25, 0.3) is 0 Å². The second-order valence-electron chi connectivity index (χ2n) is 6.64. The van der Waals surface area contributed by atoms with Crippen molar-refractivity contribution in [3.05, 3.63) is 65.7 Å². The molecule has 0 saturated heterocycles. The van der Waals surface area contributed by atoms with E-state index in [4.69, 9.17) is 5.14 Å². The lowest BCUT2D eigenvalue weighted by Gasteiger charge is -2.24. The standard InChI is InChI=1S/C20H27N3O3S/c1-16(18-10-12-19(13-11-18)27(21,25)26)23(2)15-20(24)22-14-6-9-17-7-4-3-5-8-17/h3-5,7-8,10-13,16H,6,9,14-15H2,1-2H3,(H,22,24)(H2,21,25,26)/t16-/m1/s1. The summed E-state index contributed by atoms with van der Waals surface area (Å²) in [7, 11) is -1.83. The van der Waals surface area contributed by atoms with Gasteiger partial charge in [0.1, 0.15) is 0 Å². The first-order valence-electron chi connectivity index (χ1n) is 8.91. The molecule has 7 heteroatoms. The second-order valence-corrected chi connectivity index (χ2v) is 8.21. The number of hydrogen-bond donors (Lipinski definition) is 2. The zero-order valence-electron chi connectivity index (χ0n) is 15.8. The molecule has 2 rings (SSSR count). The van der Waals surface area contributed by atoms with E-state index in [1.54, 1.807) is 12.1 Å². The van der Waals surface area contributed by atoms with Crippen LogP contribution in [0.3, 0.4) is 0 Å². The van der Waals surface area contributed by atoms with Crippen LogP contribution in [0.15, 0.2) is 59.5 Å². The third-order valence-electron chi connectivity index (χ3n) is 4.55. The minimum atomic E-state index is -3.70. The number of sulfonamides is 1. The minimum Gasteiger partial charge on any atom is -0.355 e. The number of hydrogen-bond acceptors (Lipinski definition) is 4. The van der Waals surface area contributed by atoms with Crippen molar-refractivity contribution in [2.45, 2.75) is 30.7 Å². The van der Waals surface area contributed by atoms with E-state index in [0.29, 0.717) is 6.54 Å². The van der Waals surface area contributed by atoms with Crippen LogP contribution in [-0.4, -0.2) is 39.4 Å². The van der Waals surface area contributed by atoms with Gasteiger partial charge in [-0.05, 0) is 50.1 Å². The molecule has 3 N–H and O–H groups in total. The highest BCUT2D eigenvalue weighted by atomic mass is 32.2. The Morgan fingerprint density at radius 3 is 2.33 bits per heavy atom. The number of nitrogens with two attached hydrogens (primary N) is 1. The van der Waals surface area contributed by atoms with Crippen LogP contribution < -0.4 is 10.5 Å². The number of primary sulfonamides is 1. The van der Waals surface area contributed by atoms with Crippen molar-refractivity contribution in [3.8, 4) is 0 Å². The average molecular weight is 390 g/mol. The maximum absolute atomic E-state index is 12.1. The Balaban J connectivity index is 1.77. The summed E-state index contributed by atoms with van der Waals surface area (Å²) in [5.41, 5.74) is 2.18. The fourth-order valence-corrected chi connectivity index (χ4v) is 3.29. The van der Waals surface area contributed by atoms with E-state index < -0.39 is 10.0 Å². The molecule has 0 bridgehead atoms. The Morgan fingerprint density at radius 1 is 1.11 bits per heavy atom. The summed E-state index contributed by atoms with van der Waals surface area (Å²) in [6, 6.07) is 16.6. The Bertz CT molecular complexity index is 837. The fourth-order valence-electron chi connectivity index (χ4n) is 2.77. The molecule has 27 heavy (non-hydrogen) atoms. The van der Waals surface area contributed by atoms with Crippen LogP contribution in [0.4, 0.5) is 0 Å². The number of carbonyl (C=O) groups is 1. The number of amides is 1. The zero-order chi connectivity index (χ0) is 19.9. The SMILES string of the molecule is C[C@H](c1ccc(S(N)(=O)=O)cc1)N(C)CC(=O)NCCCc1ccccc1. The summed E-state index contributed by atoms with van der Waals surface area (Å²) in [6.07, 6.45) is 1.83. The maximum Gasteiger partial charge on any atom is 0.238 e. The van der Waals surface area contributed by atoms with Crippen molar-refractivity contribution in [2.75, 3.05) is 20.1 Å². The van der Waals surface area contributed by atoms with Gasteiger partial charge in [-0.2, -0.15) is 0 Å². The van der Waals surface area contributed by atoms with Gasteiger partial charge in [-0.1, -0.05) is 42.5 Å². The van der Waals surface area contributed by atoms with E-state index in [-0.39, 0.29) is 23.4 Å². The Hall–Kier alpha value is -2.22. The number of carbonyl (C=O) groups excluding carboxylic acids is 1. The van der Waals surface area contributed by atoms with Crippen LogP contribution in [0, 0.1) is 0 Å². The van der Waals surface area contributed by atoms with Crippen molar-refractivity contribution in [1.82, 2.24) is 10.2 Å². The van der Waals surface area contributed by atoms with Gasteiger partial charge in [0.2, 0.25) is 15.9 Å². The lowest BCUT2D eigenvalue weighted by atomic mass is 10.1.